The highest BCUT2D eigenvalue weighted by Gasteiger charge is 2.12. The van der Waals surface area contributed by atoms with Gasteiger partial charge in [-0.3, -0.25) is 4.79 Å². The molecule has 0 aliphatic heterocycles. The lowest BCUT2D eigenvalue weighted by Crippen LogP contribution is -2.25. The zero-order valence-electron chi connectivity index (χ0n) is 11.5. The molecule has 0 spiro atoms. The zero-order valence-corrected chi connectivity index (χ0v) is 11.5. The van der Waals surface area contributed by atoms with Gasteiger partial charge in [0.25, 0.3) is 5.91 Å². The Bertz CT molecular complexity index is 641. The van der Waals surface area contributed by atoms with Gasteiger partial charge in [-0.05, 0) is 29.8 Å². The summed E-state index contributed by atoms with van der Waals surface area (Å²) < 4.78 is 4.97. The van der Waals surface area contributed by atoms with Crippen LogP contribution in [0.3, 0.4) is 0 Å². The van der Waals surface area contributed by atoms with Crippen LogP contribution in [0.1, 0.15) is 21.5 Å². The Hall–Kier alpha value is -2.82. The highest BCUT2D eigenvalue weighted by atomic mass is 16.4. The molecule has 2 aromatic rings. The van der Waals surface area contributed by atoms with E-state index in [0.29, 0.717) is 12.1 Å². The monoisotopic (exact) mass is 285 g/mol. The Morgan fingerprint density at radius 1 is 1.24 bits per heavy atom. The molecule has 2 rings (SSSR count). The van der Waals surface area contributed by atoms with Crippen LogP contribution >= 0.6 is 0 Å². The maximum absolute atomic E-state index is 12.2. The van der Waals surface area contributed by atoms with Gasteiger partial charge in [0, 0.05) is 30.8 Å². The van der Waals surface area contributed by atoms with E-state index in [1.807, 2.05) is 6.07 Å². The minimum atomic E-state index is -1.00. The maximum atomic E-state index is 12.2. The molecule has 0 aliphatic rings. The van der Waals surface area contributed by atoms with Crippen molar-refractivity contribution in [3.63, 3.8) is 0 Å². The second-order valence-corrected chi connectivity index (χ2v) is 4.59. The van der Waals surface area contributed by atoms with E-state index >= 15 is 0 Å². The van der Waals surface area contributed by atoms with E-state index in [2.05, 4.69) is 0 Å². The van der Waals surface area contributed by atoms with Gasteiger partial charge >= 0.3 is 5.97 Å². The van der Waals surface area contributed by atoms with Crippen LogP contribution in [-0.2, 0) is 11.3 Å². The lowest BCUT2D eigenvalue weighted by molar-refractivity contribution is -0.131. The Morgan fingerprint density at radius 3 is 2.52 bits per heavy atom. The third-order valence-corrected chi connectivity index (χ3v) is 2.92. The van der Waals surface area contributed by atoms with E-state index in [0.717, 1.165) is 17.2 Å². The second kappa shape index (κ2) is 6.56. The van der Waals surface area contributed by atoms with Gasteiger partial charge in [-0.2, -0.15) is 0 Å². The molecular formula is C16H15NO4. The maximum Gasteiger partial charge on any atom is 0.328 e. The van der Waals surface area contributed by atoms with Gasteiger partial charge in [0.1, 0.15) is 0 Å². The van der Waals surface area contributed by atoms with Crippen LogP contribution in [0.2, 0.25) is 0 Å². The Morgan fingerprint density at radius 2 is 1.95 bits per heavy atom. The average molecular weight is 285 g/mol. The Kier molecular flexibility index (Phi) is 4.56. The minimum Gasteiger partial charge on any atom is -0.478 e. The summed E-state index contributed by atoms with van der Waals surface area (Å²) in [6, 6.07) is 8.58. The fourth-order valence-electron chi connectivity index (χ4n) is 1.85. The van der Waals surface area contributed by atoms with E-state index in [1.165, 1.54) is 6.08 Å². The quantitative estimate of drug-likeness (QED) is 0.857. The first-order chi connectivity index (χ1) is 10.1. The highest BCUT2D eigenvalue weighted by molar-refractivity contribution is 5.94. The third-order valence-electron chi connectivity index (χ3n) is 2.92. The molecule has 1 N–H and O–H groups in total. The molecule has 1 aromatic carbocycles. The number of hydrogen-bond donors (Lipinski definition) is 1. The van der Waals surface area contributed by atoms with E-state index < -0.39 is 5.97 Å². The van der Waals surface area contributed by atoms with Crippen molar-refractivity contribution < 1.29 is 19.1 Å². The number of carboxylic acid groups (broad SMARTS) is 1. The van der Waals surface area contributed by atoms with Crippen LogP contribution < -0.4 is 0 Å². The first kappa shape index (κ1) is 14.6. The van der Waals surface area contributed by atoms with E-state index in [-0.39, 0.29) is 5.91 Å². The largest absolute Gasteiger partial charge is 0.478 e. The molecule has 0 saturated heterocycles. The fraction of sp³-hybridized carbons (Fsp3) is 0.125. The molecule has 0 radical (unpaired) electrons. The molecule has 0 bridgehead atoms. The molecule has 1 heterocycles. The van der Waals surface area contributed by atoms with Crippen LogP contribution in [-0.4, -0.2) is 28.9 Å². The molecule has 21 heavy (non-hydrogen) atoms. The molecule has 0 atom stereocenters. The first-order valence-corrected chi connectivity index (χ1v) is 6.34. The average Bonchev–Trinajstić information content (AvgIpc) is 2.97. The van der Waals surface area contributed by atoms with Crippen molar-refractivity contribution in [2.24, 2.45) is 0 Å². The van der Waals surface area contributed by atoms with E-state index in [9.17, 15) is 9.59 Å². The summed E-state index contributed by atoms with van der Waals surface area (Å²) in [5.74, 6) is -1.11. The number of rotatable bonds is 5. The van der Waals surface area contributed by atoms with Crippen molar-refractivity contribution in [2.45, 2.75) is 6.54 Å². The summed E-state index contributed by atoms with van der Waals surface area (Å²) >= 11 is 0. The van der Waals surface area contributed by atoms with Gasteiger partial charge < -0.3 is 14.4 Å². The third kappa shape index (κ3) is 4.07. The van der Waals surface area contributed by atoms with Gasteiger partial charge in [-0.15, -0.1) is 0 Å². The predicted octanol–water partition coefficient (Wildman–Crippen LogP) is 2.65. The number of amides is 1. The number of carbonyl (C=O) groups excluding carboxylic acids is 1. The van der Waals surface area contributed by atoms with Crippen molar-refractivity contribution in [2.75, 3.05) is 7.05 Å². The lowest BCUT2D eigenvalue weighted by atomic mass is 10.1. The van der Waals surface area contributed by atoms with Crippen LogP contribution in [0, 0.1) is 0 Å². The van der Waals surface area contributed by atoms with Gasteiger partial charge in [-0.25, -0.2) is 4.79 Å². The van der Waals surface area contributed by atoms with Gasteiger partial charge in [-0.1, -0.05) is 12.1 Å². The first-order valence-electron chi connectivity index (χ1n) is 6.34. The second-order valence-electron chi connectivity index (χ2n) is 4.59. The smallest absolute Gasteiger partial charge is 0.328 e. The molecule has 0 aliphatic carbocycles. The normalized spacial score (nSPS) is 10.7. The fourth-order valence-corrected chi connectivity index (χ4v) is 1.85. The lowest BCUT2D eigenvalue weighted by Gasteiger charge is -2.16. The van der Waals surface area contributed by atoms with Gasteiger partial charge in [0.05, 0.1) is 12.5 Å². The highest BCUT2D eigenvalue weighted by Crippen LogP contribution is 2.11. The number of aliphatic carboxylic acids is 1. The van der Waals surface area contributed by atoms with E-state index in [4.69, 9.17) is 9.52 Å². The SMILES string of the molecule is CN(Cc1ccoc1)C(=O)c1ccc(C=CC(=O)O)cc1. The molecule has 0 unspecified atom stereocenters. The summed E-state index contributed by atoms with van der Waals surface area (Å²) in [6.07, 6.45) is 5.70. The minimum absolute atomic E-state index is 0.107. The number of carbonyl (C=O) groups is 2. The van der Waals surface area contributed by atoms with Crippen molar-refractivity contribution in [1.82, 2.24) is 4.90 Å². The van der Waals surface area contributed by atoms with Crippen molar-refractivity contribution >= 4 is 18.0 Å². The standard InChI is InChI=1S/C16H15NO4/c1-17(10-13-8-9-21-11-13)16(20)14-5-2-12(3-6-14)4-7-15(18)19/h2-9,11H,10H2,1H3,(H,18,19). The number of furan rings is 1. The number of hydrogen-bond acceptors (Lipinski definition) is 3. The molecule has 0 fully saturated rings. The zero-order chi connectivity index (χ0) is 15.2. The predicted molar refractivity (Wildman–Crippen MR) is 77.6 cm³/mol. The molecule has 5 heteroatoms. The topological polar surface area (TPSA) is 70.8 Å². The van der Waals surface area contributed by atoms with Gasteiger partial charge in [0.15, 0.2) is 0 Å². The Labute approximate surface area is 122 Å². The molecule has 5 nitrogen and oxygen atoms in total. The molecule has 108 valence electrons. The van der Waals surface area contributed by atoms with Crippen LogP contribution in [0.15, 0.2) is 53.4 Å². The summed E-state index contributed by atoms with van der Waals surface area (Å²) in [4.78, 5) is 24.3. The number of benzene rings is 1. The molecule has 0 saturated carbocycles. The summed E-state index contributed by atoms with van der Waals surface area (Å²) in [5.41, 5.74) is 2.20. The van der Waals surface area contributed by atoms with Crippen LogP contribution in [0.25, 0.3) is 6.08 Å². The molecule has 1 aromatic heterocycles. The summed E-state index contributed by atoms with van der Waals surface area (Å²) in [5, 5.41) is 8.56. The Balaban J connectivity index is 2.03. The van der Waals surface area contributed by atoms with Crippen LogP contribution in [0.4, 0.5) is 0 Å². The van der Waals surface area contributed by atoms with E-state index in [1.54, 1.807) is 48.7 Å². The van der Waals surface area contributed by atoms with Gasteiger partial charge in [0.2, 0.25) is 0 Å². The molecular weight excluding hydrogens is 270 g/mol. The van der Waals surface area contributed by atoms with Crippen molar-refractivity contribution in [1.29, 1.82) is 0 Å². The summed E-state index contributed by atoms with van der Waals surface area (Å²) in [7, 11) is 1.72. The van der Waals surface area contributed by atoms with Crippen LogP contribution in [0.5, 0.6) is 0 Å². The number of nitrogens with zero attached hydrogens (tertiary/aromatic N) is 1. The summed E-state index contributed by atoms with van der Waals surface area (Å²) in [6.45, 7) is 0.468. The van der Waals surface area contributed by atoms with Crippen molar-refractivity contribution in [3.8, 4) is 0 Å². The number of carboxylic acids is 1. The molecule has 1 amide bonds. The van der Waals surface area contributed by atoms with Crippen molar-refractivity contribution in [3.05, 3.63) is 65.6 Å².